The van der Waals surface area contributed by atoms with Crippen LogP contribution < -0.4 is 5.32 Å². The van der Waals surface area contributed by atoms with Crippen molar-refractivity contribution in [1.29, 1.82) is 0 Å². The maximum absolute atomic E-state index is 11.9. The molecule has 0 aromatic heterocycles. The quantitative estimate of drug-likeness (QED) is 0.664. The summed E-state index contributed by atoms with van der Waals surface area (Å²) < 4.78 is 0. The molecule has 0 atom stereocenters. The molecule has 0 saturated heterocycles. The Labute approximate surface area is 137 Å². The number of nitro benzene ring substituents is 1. The Morgan fingerprint density at radius 2 is 1.82 bits per heavy atom. The van der Waals surface area contributed by atoms with Crippen molar-refractivity contribution in [3.63, 3.8) is 0 Å². The minimum Gasteiger partial charge on any atom is -0.352 e. The lowest BCUT2D eigenvalue weighted by molar-refractivity contribution is -0.384. The molecule has 0 spiro atoms. The van der Waals surface area contributed by atoms with Crippen molar-refractivity contribution in [3.05, 3.63) is 73.8 Å². The smallest absolute Gasteiger partial charge is 0.269 e. The molecule has 2 rings (SSSR count). The van der Waals surface area contributed by atoms with Gasteiger partial charge in [-0.05, 0) is 36.2 Å². The normalized spacial score (nSPS) is 10.3. The van der Waals surface area contributed by atoms with Crippen molar-refractivity contribution < 1.29 is 9.72 Å². The number of amides is 1. The van der Waals surface area contributed by atoms with Gasteiger partial charge in [-0.3, -0.25) is 14.9 Å². The van der Waals surface area contributed by atoms with Gasteiger partial charge in [0.05, 0.1) is 4.92 Å². The first kappa shape index (κ1) is 16.3. The van der Waals surface area contributed by atoms with E-state index in [1.807, 2.05) is 6.07 Å². The van der Waals surface area contributed by atoms with Gasteiger partial charge >= 0.3 is 0 Å². The second-order valence-corrected chi connectivity index (χ2v) is 5.39. The number of nitrogens with zero attached hydrogens (tertiary/aromatic N) is 1. The van der Waals surface area contributed by atoms with E-state index in [4.69, 9.17) is 23.2 Å². The van der Waals surface area contributed by atoms with Crippen LogP contribution in [-0.4, -0.2) is 17.4 Å². The van der Waals surface area contributed by atoms with Gasteiger partial charge in [0.2, 0.25) is 0 Å². The predicted octanol–water partition coefficient (Wildman–Crippen LogP) is 3.87. The van der Waals surface area contributed by atoms with Gasteiger partial charge in [0.15, 0.2) is 0 Å². The van der Waals surface area contributed by atoms with Gasteiger partial charge in [0.1, 0.15) is 0 Å². The molecule has 0 aliphatic rings. The Morgan fingerprint density at radius 3 is 2.41 bits per heavy atom. The summed E-state index contributed by atoms with van der Waals surface area (Å²) in [6.45, 7) is 0.400. The summed E-state index contributed by atoms with van der Waals surface area (Å²) in [5.41, 5.74) is 1.20. The van der Waals surface area contributed by atoms with Crippen LogP contribution in [0.25, 0.3) is 0 Å². The van der Waals surface area contributed by atoms with Crippen molar-refractivity contribution >= 4 is 34.8 Å². The number of hydrogen-bond acceptors (Lipinski definition) is 3. The van der Waals surface area contributed by atoms with E-state index in [1.54, 1.807) is 12.1 Å². The van der Waals surface area contributed by atoms with Gasteiger partial charge in [0, 0.05) is 34.3 Å². The van der Waals surface area contributed by atoms with Crippen LogP contribution in [0.2, 0.25) is 10.0 Å². The zero-order chi connectivity index (χ0) is 16.1. The maximum Gasteiger partial charge on any atom is 0.269 e. The zero-order valence-electron chi connectivity index (χ0n) is 11.4. The number of hydrogen-bond donors (Lipinski definition) is 1. The van der Waals surface area contributed by atoms with E-state index in [9.17, 15) is 14.9 Å². The van der Waals surface area contributed by atoms with E-state index in [1.165, 1.54) is 24.3 Å². The standard InChI is InChI=1S/C15H12Cl2N2O3/c16-12-4-1-10(14(17)9-12)7-8-18-15(20)11-2-5-13(6-3-11)19(21)22/h1-6,9H,7-8H2,(H,18,20). The summed E-state index contributed by atoms with van der Waals surface area (Å²) in [6.07, 6.45) is 0.564. The maximum atomic E-state index is 11.9. The third-order valence-electron chi connectivity index (χ3n) is 3.04. The molecule has 0 fully saturated rings. The van der Waals surface area contributed by atoms with Crippen LogP contribution in [-0.2, 0) is 6.42 Å². The Kier molecular flexibility index (Phi) is 5.35. The van der Waals surface area contributed by atoms with Crippen LogP contribution in [0.15, 0.2) is 42.5 Å². The van der Waals surface area contributed by atoms with Gasteiger partial charge in [-0.25, -0.2) is 0 Å². The fraction of sp³-hybridized carbons (Fsp3) is 0.133. The first-order chi connectivity index (χ1) is 10.5. The Hall–Kier alpha value is -2.11. The summed E-state index contributed by atoms with van der Waals surface area (Å²) in [5, 5.41) is 14.4. The molecule has 0 bridgehead atoms. The fourth-order valence-electron chi connectivity index (χ4n) is 1.87. The van der Waals surface area contributed by atoms with E-state index >= 15 is 0 Å². The van der Waals surface area contributed by atoms with Gasteiger partial charge in [-0.2, -0.15) is 0 Å². The lowest BCUT2D eigenvalue weighted by Crippen LogP contribution is -2.25. The number of rotatable bonds is 5. The van der Waals surface area contributed by atoms with Crippen LogP contribution in [0.5, 0.6) is 0 Å². The molecule has 114 valence electrons. The second kappa shape index (κ2) is 7.24. The highest BCUT2D eigenvalue weighted by molar-refractivity contribution is 6.35. The SMILES string of the molecule is O=C(NCCc1ccc(Cl)cc1Cl)c1ccc([N+](=O)[O-])cc1. The van der Waals surface area contributed by atoms with E-state index in [2.05, 4.69) is 5.32 Å². The lowest BCUT2D eigenvalue weighted by atomic mass is 10.1. The monoisotopic (exact) mass is 338 g/mol. The molecular formula is C15H12Cl2N2O3. The number of nitro groups is 1. The third-order valence-corrected chi connectivity index (χ3v) is 3.62. The molecule has 1 N–H and O–H groups in total. The van der Waals surface area contributed by atoms with Crippen LogP contribution >= 0.6 is 23.2 Å². The summed E-state index contributed by atoms with van der Waals surface area (Å²) in [5.74, 6) is -0.292. The van der Waals surface area contributed by atoms with Gasteiger partial charge in [-0.15, -0.1) is 0 Å². The largest absolute Gasteiger partial charge is 0.352 e. The van der Waals surface area contributed by atoms with E-state index in [0.29, 0.717) is 28.6 Å². The average molecular weight is 339 g/mol. The molecule has 5 nitrogen and oxygen atoms in total. The predicted molar refractivity (Wildman–Crippen MR) is 85.6 cm³/mol. The van der Waals surface area contributed by atoms with E-state index in [-0.39, 0.29) is 11.6 Å². The fourth-order valence-corrected chi connectivity index (χ4v) is 2.37. The molecule has 0 unspecified atom stereocenters. The van der Waals surface area contributed by atoms with Crippen molar-refractivity contribution in [2.45, 2.75) is 6.42 Å². The third kappa shape index (κ3) is 4.19. The number of halogens is 2. The van der Waals surface area contributed by atoms with E-state index in [0.717, 1.165) is 5.56 Å². The molecule has 22 heavy (non-hydrogen) atoms. The van der Waals surface area contributed by atoms with Crippen LogP contribution in [0.1, 0.15) is 15.9 Å². The first-order valence-corrected chi connectivity index (χ1v) is 7.19. The molecule has 2 aromatic carbocycles. The van der Waals surface area contributed by atoms with Crippen molar-refractivity contribution in [2.75, 3.05) is 6.54 Å². The highest BCUT2D eigenvalue weighted by atomic mass is 35.5. The minimum absolute atomic E-state index is 0.0514. The van der Waals surface area contributed by atoms with Crippen molar-refractivity contribution in [3.8, 4) is 0 Å². The lowest BCUT2D eigenvalue weighted by Gasteiger charge is -2.07. The molecule has 7 heteroatoms. The molecule has 0 radical (unpaired) electrons. The van der Waals surface area contributed by atoms with Crippen LogP contribution in [0, 0.1) is 10.1 Å². The summed E-state index contributed by atoms with van der Waals surface area (Å²) in [4.78, 5) is 22.0. The van der Waals surface area contributed by atoms with Gasteiger partial charge in [-0.1, -0.05) is 29.3 Å². The number of nitrogens with one attached hydrogen (secondary N) is 1. The molecule has 0 aliphatic heterocycles. The van der Waals surface area contributed by atoms with Gasteiger partial charge in [0.25, 0.3) is 11.6 Å². The Balaban J connectivity index is 1.91. The minimum atomic E-state index is -0.510. The molecule has 1 amide bonds. The average Bonchev–Trinajstić information content (AvgIpc) is 2.49. The summed E-state index contributed by atoms with van der Waals surface area (Å²) >= 11 is 11.9. The number of carbonyl (C=O) groups is 1. The highest BCUT2D eigenvalue weighted by Crippen LogP contribution is 2.21. The van der Waals surface area contributed by atoms with Crippen LogP contribution in [0.4, 0.5) is 5.69 Å². The highest BCUT2D eigenvalue weighted by Gasteiger charge is 2.09. The Bertz CT molecular complexity index is 702. The zero-order valence-corrected chi connectivity index (χ0v) is 12.9. The first-order valence-electron chi connectivity index (χ1n) is 6.44. The second-order valence-electron chi connectivity index (χ2n) is 4.55. The van der Waals surface area contributed by atoms with Crippen LogP contribution in [0.3, 0.4) is 0 Å². The molecule has 2 aromatic rings. The summed E-state index contributed by atoms with van der Waals surface area (Å²) in [7, 11) is 0. The van der Waals surface area contributed by atoms with E-state index < -0.39 is 4.92 Å². The number of non-ortho nitro benzene ring substituents is 1. The number of carbonyl (C=O) groups excluding carboxylic acids is 1. The van der Waals surface area contributed by atoms with Crippen molar-refractivity contribution in [2.24, 2.45) is 0 Å². The molecule has 0 heterocycles. The molecule has 0 saturated carbocycles. The molecular weight excluding hydrogens is 327 g/mol. The van der Waals surface area contributed by atoms with Gasteiger partial charge < -0.3 is 5.32 Å². The Morgan fingerprint density at radius 1 is 1.14 bits per heavy atom. The number of benzene rings is 2. The molecule has 0 aliphatic carbocycles. The topological polar surface area (TPSA) is 72.2 Å². The van der Waals surface area contributed by atoms with Crippen molar-refractivity contribution in [1.82, 2.24) is 5.32 Å². The summed E-state index contributed by atoms with van der Waals surface area (Å²) in [6, 6.07) is 10.6.